The van der Waals surface area contributed by atoms with Crippen molar-refractivity contribution in [3.8, 4) is 0 Å². The third-order valence-electron chi connectivity index (χ3n) is 6.13. The fourth-order valence-electron chi connectivity index (χ4n) is 4.72. The Balaban J connectivity index is 1.59. The summed E-state index contributed by atoms with van der Waals surface area (Å²) in [6, 6.07) is 1.65. The van der Waals surface area contributed by atoms with Crippen LogP contribution >= 0.6 is 0 Å². The van der Waals surface area contributed by atoms with E-state index in [1.807, 2.05) is 0 Å². The zero-order valence-corrected chi connectivity index (χ0v) is 12.2. The molecule has 19 heavy (non-hydrogen) atoms. The lowest BCUT2D eigenvalue weighted by Crippen LogP contribution is -2.62. The first-order valence-electron chi connectivity index (χ1n) is 8.54. The molecule has 3 heteroatoms. The van der Waals surface area contributed by atoms with Gasteiger partial charge in [-0.2, -0.15) is 0 Å². The Bertz CT molecular complexity index is 337. The zero-order chi connectivity index (χ0) is 12.9. The van der Waals surface area contributed by atoms with Crippen molar-refractivity contribution < 1.29 is 0 Å². The summed E-state index contributed by atoms with van der Waals surface area (Å²) >= 11 is 0. The van der Waals surface area contributed by atoms with Gasteiger partial charge < -0.3 is 5.73 Å². The molecule has 2 atom stereocenters. The summed E-state index contributed by atoms with van der Waals surface area (Å²) in [6.45, 7) is 4.87. The summed E-state index contributed by atoms with van der Waals surface area (Å²) in [4.78, 5) is 5.67. The average Bonchev–Trinajstić information content (AvgIpc) is 3.34. The van der Waals surface area contributed by atoms with Gasteiger partial charge in [0.15, 0.2) is 0 Å². The van der Waals surface area contributed by atoms with E-state index in [0.717, 1.165) is 24.5 Å². The molecular weight excluding hydrogens is 234 g/mol. The lowest BCUT2D eigenvalue weighted by molar-refractivity contribution is 0.0276. The van der Waals surface area contributed by atoms with Crippen LogP contribution in [0.15, 0.2) is 0 Å². The number of fused-ring (bicyclic) bond motifs is 1. The van der Waals surface area contributed by atoms with E-state index in [1.54, 1.807) is 0 Å². The highest BCUT2D eigenvalue weighted by Crippen LogP contribution is 2.46. The quantitative estimate of drug-likeness (QED) is 0.821. The van der Waals surface area contributed by atoms with Crippen molar-refractivity contribution >= 4 is 0 Å². The molecule has 2 unspecified atom stereocenters. The highest BCUT2D eigenvalue weighted by molar-refractivity contribution is 5.12. The van der Waals surface area contributed by atoms with Gasteiger partial charge in [0.2, 0.25) is 0 Å². The van der Waals surface area contributed by atoms with Crippen LogP contribution < -0.4 is 5.73 Å². The number of rotatable bonds is 5. The van der Waals surface area contributed by atoms with Crippen molar-refractivity contribution in [2.75, 3.05) is 26.2 Å². The van der Waals surface area contributed by atoms with Crippen LogP contribution in [-0.2, 0) is 0 Å². The van der Waals surface area contributed by atoms with Crippen LogP contribution in [0.25, 0.3) is 0 Å². The highest BCUT2D eigenvalue weighted by atomic mass is 15.3. The van der Waals surface area contributed by atoms with E-state index in [1.165, 1.54) is 71.0 Å². The first kappa shape index (κ1) is 12.6. The smallest absolute Gasteiger partial charge is 0.0501 e. The summed E-state index contributed by atoms with van der Waals surface area (Å²) < 4.78 is 0. The van der Waals surface area contributed by atoms with Crippen molar-refractivity contribution in [1.29, 1.82) is 0 Å². The van der Waals surface area contributed by atoms with Crippen molar-refractivity contribution in [3.05, 3.63) is 0 Å². The van der Waals surface area contributed by atoms with Gasteiger partial charge in [-0.1, -0.05) is 6.42 Å². The summed E-state index contributed by atoms with van der Waals surface area (Å²) in [6.07, 6.45) is 11.4. The van der Waals surface area contributed by atoms with Gasteiger partial charge in [0, 0.05) is 31.7 Å². The van der Waals surface area contributed by atoms with Crippen LogP contribution in [-0.4, -0.2) is 53.6 Å². The van der Waals surface area contributed by atoms with Crippen LogP contribution in [0.4, 0.5) is 0 Å². The predicted octanol–water partition coefficient (Wildman–Crippen LogP) is 1.82. The minimum atomic E-state index is 0.337. The van der Waals surface area contributed by atoms with Crippen molar-refractivity contribution in [2.24, 2.45) is 11.7 Å². The Labute approximate surface area is 117 Å². The molecule has 0 amide bonds. The highest BCUT2D eigenvalue weighted by Gasteiger charge is 2.54. The van der Waals surface area contributed by atoms with Crippen LogP contribution in [0.1, 0.15) is 51.4 Å². The Morgan fingerprint density at radius 2 is 1.89 bits per heavy atom. The Hall–Kier alpha value is -0.120. The molecule has 0 bridgehead atoms. The maximum atomic E-state index is 6.37. The van der Waals surface area contributed by atoms with Gasteiger partial charge in [-0.25, -0.2) is 0 Å². The fraction of sp³-hybridized carbons (Fsp3) is 1.00. The van der Waals surface area contributed by atoms with E-state index in [2.05, 4.69) is 9.80 Å². The van der Waals surface area contributed by atoms with Gasteiger partial charge in [-0.05, 0) is 57.4 Å². The monoisotopic (exact) mass is 263 g/mol. The van der Waals surface area contributed by atoms with Gasteiger partial charge in [0.25, 0.3) is 0 Å². The molecule has 0 aromatic rings. The number of piperidine rings is 1. The number of nitrogens with zero attached hydrogens (tertiary/aromatic N) is 2. The third-order valence-corrected chi connectivity index (χ3v) is 6.13. The third kappa shape index (κ3) is 2.14. The fourth-order valence-corrected chi connectivity index (χ4v) is 4.72. The van der Waals surface area contributed by atoms with E-state index in [9.17, 15) is 0 Å². The molecule has 2 N–H and O–H groups in total. The summed E-state index contributed by atoms with van der Waals surface area (Å²) in [5.41, 5.74) is 6.71. The number of nitrogens with two attached hydrogens (primary N) is 1. The van der Waals surface area contributed by atoms with Crippen molar-refractivity contribution in [2.45, 2.75) is 69.0 Å². The first-order chi connectivity index (χ1) is 9.33. The average molecular weight is 263 g/mol. The summed E-state index contributed by atoms with van der Waals surface area (Å²) in [7, 11) is 0. The normalized spacial score (nSPS) is 39.8. The molecule has 2 saturated carbocycles. The molecule has 4 aliphatic rings. The van der Waals surface area contributed by atoms with Gasteiger partial charge in [-0.15, -0.1) is 0 Å². The largest absolute Gasteiger partial charge is 0.329 e. The van der Waals surface area contributed by atoms with E-state index < -0.39 is 0 Å². The van der Waals surface area contributed by atoms with Crippen LogP contribution in [0.3, 0.4) is 0 Å². The summed E-state index contributed by atoms with van der Waals surface area (Å²) in [5.74, 6) is 1.00. The topological polar surface area (TPSA) is 32.5 Å². The van der Waals surface area contributed by atoms with Crippen LogP contribution in [0.5, 0.6) is 0 Å². The second-order valence-corrected chi connectivity index (χ2v) is 7.43. The molecule has 0 radical (unpaired) electrons. The second-order valence-electron chi connectivity index (χ2n) is 7.43. The Morgan fingerprint density at radius 1 is 1.05 bits per heavy atom. The molecule has 0 aromatic heterocycles. The minimum absolute atomic E-state index is 0.337. The lowest BCUT2D eigenvalue weighted by Gasteiger charge is -2.48. The van der Waals surface area contributed by atoms with Crippen molar-refractivity contribution in [1.82, 2.24) is 9.80 Å². The molecule has 4 fully saturated rings. The molecule has 108 valence electrons. The lowest BCUT2D eigenvalue weighted by atomic mass is 9.83. The van der Waals surface area contributed by atoms with E-state index in [-0.39, 0.29) is 0 Å². The van der Waals surface area contributed by atoms with Gasteiger partial charge in [0.05, 0.1) is 5.54 Å². The molecule has 2 saturated heterocycles. The number of hydrogen-bond acceptors (Lipinski definition) is 3. The Kier molecular flexibility index (Phi) is 3.13. The molecule has 2 aliphatic heterocycles. The minimum Gasteiger partial charge on any atom is -0.329 e. The standard InChI is InChI=1S/C16H29N3/c17-12-16(8-10-18-9-2-1-3-15(16)18)19(14-6-7-14)11-13-4-5-13/h13-15H,1-12,17H2. The van der Waals surface area contributed by atoms with Crippen LogP contribution in [0, 0.1) is 5.92 Å². The maximum Gasteiger partial charge on any atom is 0.0501 e. The first-order valence-corrected chi connectivity index (χ1v) is 8.54. The van der Waals surface area contributed by atoms with Gasteiger partial charge >= 0.3 is 0 Å². The van der Waals surface area contributed by atoms with Gasteiger partial charge in [0.1, 0.15) is 0 Å². The predicted molar refractivity (Wildman–Crippen MR) is 78.1 cm³/mol. The SMILES string of the molecule is NCC1(N(CC2CC2)C2CC2)CCN2CCCCC21. The van der Waals surface area contributed by atoms with Gasteiger partial charge in [-0.3, -0.25) is 9.80 Å². The molecule has 0 aromatic carbocycles. The number of hydrogen-bond donors (Lipinski definition) is 1. The second kappa shape index (κ2) is 4.71. The summed E-state index contributed by atoms with van der Waals surface area (Å²) in [5, 5.41) is 0. The van der Waals surface area contributed by atoms with E-state index >= 15 is 0 Å². The molecule has 4 rings (SSSR count). The van der Waals surface area contributed by atoms with E-state index in [0.29, 0.717) is 5.54 Å². The van der Waals surface area contributed by atoms with Crippen molar-refractivity contribution in [3.63, 3.8) is 0 Å². The zero-order valence-electron chi connectivity index (χ0n) is 12.2. The molecule has 3 nitrogen and oxygen atoms in total. The maximum absolute atomic E-state index is 6.37. The van der Waals surface area contributed by atoms with Crippen LogP contribution in [0.2, 0.25) is 0 Å². The molecule has 2 heterocycles. The molecular formula is C16H29N3. The molecule has 2 aliphatic carbocycles. The van der Waals surface area contributed by atoms with E-state index in [4.69, 9.17) is 5.73 Å². The molecule has 0 spiro atoms. The Morgan fingerprint density at radius 3 is 2.58 bits per heavy atom.